The number of nitrogens with zero attached hydrogens (tertiary/aromatic N) is 2. The Labute approximate surface area is 205 Å². The molecule has 0 spiro atoms. The molecule has 1 N–H and O–H groups in total. The molecule has 1 amide bonds. The predicted octanol–water partition coefficient (Wildman–Crippen LogP) is 4.34. The van der Waals surface area contributed by atoms with Crippen LogP contribution in [0.2, 0.25) is 5.02 Å². The molecule has 0 bridgehead atoms. The fraction of sp³-hybridized carbons (Fsp3) is 0.478. The van der Waals surface area contributed by atoms with Crippen LogP contribution in [0.1, 0.15) is 35.7 Å². The SMILES string of the molecule is CN(C(=O)C1CCS(=O)(=O)CC1)[C@@H](c1ccc(NC2Cc3ccc(F)c(Cl)c3C2)cn1)C(F)(F)F. The van der Waals surface area contributed by atoms with E-state index in [1.807, 2.05) is 0 Å². The van der Waals surface area contributed by atoms with E-state index in [4.69, 9.17) is 11.6 Å². The van der Waals surface area contributed by atoms with Gasteiger partial charge in [-0.25, -0.2) is 12.8 Å². The minimum Gasteiger partial charge on any atom is -0.380 e. The maximum absolute atomic E-state index is 14.0. The van der Waals surface area contributed by atoms with Crippen molar-refractivity contribution in [3.8, 4) is 0 Å². The van der Waals surface area contributed by atoms with Crippen LogP contribution in [-0.2, 0) is 27.5 Å². The summed E-state index contributed by atoms with van der Waals surface area (Å²) in [5.74, 6) is -2.46. The number of pyridine rings is 1. The lowest BCUT2D eigenvalue weighted by atomic mass is 9.99. The summed E-state index contributed by atoms with van der Waals surface area (Å²) in [6.07, 6.45) is -2.45. The van der Waals surface area contributed by atoms with Gasteiger partial charge in [-0.15, -0.1) is 0 Å². The number of hydrogen-bond donors (Lipinski definition) is 1. The van der Waals surface area contributed by atoms with Crippen molar-refractivity contribution in [3.63, 3.8) is 0 Å². The van der Waals surface area contributed by atoms with E-state index in [0.717, 1.165) is 12.6 Å². The molecule has 0 radical (unpaired) electrons. The van der Waals surface area contributed by atoms with E-state index in [0.29, 0.717) is 29.0 Å². The monoisotopic (exact) mass is 533 g/mol. The molecule has 1 fully saturated rings. The molecule has 1 aliphatic heterocycles. The molecular formula is C23H24ClF4N3O3S. The largest absolute Gasteiger partial charge is 0.414 e. The second kappa shape index (κ2) is 9.57. The summed E-state index contributed by atoms with van der Waals surface area (Å²) in [6.45, 7) is 0. The number of aromatic nitrogens is 1. The third-order valence-corrected chi connectivity index (χ3v) is 8.72. The summed E-state index contributed by atoms with van der Waals surface area (Å²) < 4.78 is 78.8. The van der Waals surface area contributed by atoms with E-state index in [9.17, 15) is 30.8 Å². The van der Waals surface area contributed by atoms with Gasteiger partial charge in [-0.05, 0) is 55.0 Å². The van der Waals surface area contributed by atoms with Gasteiger partial charge in [0, 0.05) is 19.0 Å². The summed E-state index contributed by atoms with van der Waals surface area (Å²) in [5, 5.41) is 3.27. The van der Waals surface area contributed by atoms with E-state index >= 15 is 0 Å². The highest BCUT2D eigenvalue weighted by Gasteiger charge is 2.47. The van der Waals surface area contributed by atoms with Gasteiger partial charge in [0.25, 0.3) is 0 Å². The fourth-order valence-electron chi connectivity index (χ4n) is 4.76. The highest BCUT2D eigenvalue weighted by Crippen LogP contribution is 2.38. The number of anilines is 1. The number of halogens is 5. The number of fused-ring (bicyclic) bond motifs is 1. The Morgan fingerprint density at radius 2 is 1.86 bits per heavy atom. The molecule has 1 saturated heterocycles. The number of amides is 1. The summed E-state index contributed by atoms with van der Waals surface area (Å²) in [4.78, 5) is 17.4. The normalized spacial score (nSPS) is 20.8. The third kappa shape index (κ3) is 5.55. The first kappa shape index (κ1) is 25.7. The molecule has 4 rings (SSSR count). The van der Waals surface area contributed by atoms with Crippen LogP contribution in [0.4, 0.5) is 23.2 Å². The van der Waals surface area contributed by atoms with Crippen molar-refractivity contribution in [1.82, 2.24) is 9.88 Å². The number of alkyl halides is 3. The van der Waals surface area contributed by atoms with Crippen molar-refractivity contribution in [1.29, 1.82) is 0 Å². The van der Waals surface area contributed by atoms with Crippen LogP contribution in [-0.4, -0.2) is 55.0 Å². The minimum absolute atomic E-state index is 0.00403. The minimum atomic E-state index is -4.78. The molecule has 1 aromatic heterocycles. The van der Waals surface area contributed by atoms with Gasteiger partial charge >= 0.3 is 6.18 Å². The average Bonchev–Trinajstić information content (AvgIpc) is 3.19. The summed E-state index contributed by atoms with van der Waals surface area (Å²) in [7, 11) is -2.19. The first-order valence-corrected chi connectivity index (χ1v) is 13.3. The van der Waals surface area contributed by atoms with Crippen LogP contribution in [0.15, 0.2) is 30.5 Å². The van der Waals surface area contributed by atoms with Crippen molar-refractivity contribution in [3.05, 3.63) is 58.1 Å². The van der Waals surface area contributed by atoms with Gasteiger partial charge in [0.2, 0.25) is 5.91 Å². The second-order valence-corrected chi connectivity index (χ2v) is 11.7. The lowest BCUT2D eigenvalue weighted by Gasteiger charge is -2.33. The van der Waals surface area contributed by atoms with Crippen molar-refractivity contribution in [2.24, 2.45) is 5.92 Å². The molecular weight excluding hydrogens is 510 g/mol. The third-order valence-electron chi connectivity index (χ3n) is 6.60. The van der Waals surface area contributed by atoms with Crippen LogP contribution in [0.25, 0.3) is 0 Å². The van der Waals surface area contributed by atoms with Gasteiger partial charge in [-0.3, -0.25) is 9.78 Å². The molecule has 35 heavy (non-hydrogen) atoms. The van der Waals surface area contributed by atoms with E-state index in [2.05, 4.69) is 10.3 Å². The van der Waals surface area contributed by atoms with Gasteiger partial charge in [0.1, 0.15) is 15.7 Å². The fourth-order valence-corrected chi connectivity index (χ4v) is 6.51. The van der Waals surface area contributed by atoms with Gasteiger partial charge < -0.3 is 10.2 Å². The van der Waals surface area contributed by atoms with Crippen LogP contribution in [0.3, 0.4) is 0 Å². The highest BCUT2D eigenvalue weighted by molar-refractivity contribution is 7.91. The van der Waals surface area contributed by atoms with E-state index in [-0.39, 0.29) is 41.1 Å². The molecule has 2 heterocycles. The Morgan fingerprint density at radius 3 is 2.46 bits per heavy atom. The topological polar surface area (TPSA) is 79.4 Å². The van der Waals surface area contributed by atoms with E-state index < -0.39 is 39.7 Å². The summed E-state index contributed by atoms with van der Waals surface area (Å²) >= 11 is 6.05. The molecule has 1 aliphatic carbocycles. The number of rotatable bonds is 5. The van der Waals surface area contributed by atoms with Crippen LogP contribution < -0.4 is 5.32 Å². The number of carbonyl (C=O) groups is 1. The van der Waals surface area contributed by atoms with Crippen LogP contribution in [0, 0.1) is 11.7 Å². The molecule has 0 saturated carbocycles. The smallest absolute Gasteiger partial charge is 0.380 e. The summed E-state index contributed by atoms with van der Waals surface area (Å²) in [5.41, 5.74) is 1.76. The number of sulfone groups is 1. The number of carbonyl (C=O) groups excluding carboxylic acids is 1. The predicted molar refractivity (Wildman–Crippen MR) is 123 cm³/mol. The standard InChI is InChI=1S/C23H24ClF4N3O3S/c1-31(22(32)13-6-8-35(33,34)9-7-13)21(23(26,27)28)19-5-3-15(12-29-19)30-16-10-14-2-4-18(25)20(24)17(14)11-16/h2-5,12-13,16,21,30H,6-11H2,1H3/t16?,21-/m0/s1. The van der Waals surface area contributed by atoms with Gasteiger partial charge in [-0.1, -0.05) is 17.7 Å². The Hall–Kier alpha value is -2.40. The average molecular weight is 534 g/mol. The number of hydrogen-bond acceptors (Lipinski definition) is 5. The van der Waals surface area contributed by atoms with Crippen molar-refractivity contribution < 1.29 is 30.8 Å². The second-order valence-electron chi connectivity index (χ2n) is 9.04. The van der Waals surface area contributed by atoms with E-state index in [1.165, 1.54) is 24.4 Å². The van der Waals surface area contributed by atoms with Gasteiger partial charge in [-0.2, -0.15) is 13.2 Å². The Bertz CT molecular complexity index is 1210. The molecule has 1 unspecified atom stereocenters. The maximum atomic E-state index is 14.0. The molecule has 2 aromatic rings. The van der Waals surface area contributed by atoms with Crippen LogP contribution >= 0.6 is 11.6 Å². The van der Waals surface area contributed by atoms with Crippen molar-refractivity contribution >= 4 is 33.0 Å². The van der Waals surface area contributed by atoms with Crippen molar-refractivity contribution in [2.75, 3.05) is 23.9 Å². The Morgan fingerprint density at radius 1 is 1.17 bits per heavy atom. The number of benzene rings is 1. The molecule has 1 aromatic carbocycles. The van der Waals surface area contributed by atoms with Gasteiger partial charge in [0.15, 0.2) is 6.04 Å². The molecule has 190 valence electrons. The lowest BCUT2D eigenvalue weighted by Crippen LogP contribution is -2.44. The zero-order valence-corrected chi connectivity index (χ0v) is 20.4. The molecule has 12 heteroatoms. The summed E-state index contributed by atoms with van der Waals surface area (Å²) in [6, 6.07) is 3.26. The molecule has 2 atom stereocenters. The van der Waals surface area contributed by atoms with Crippen molar-refractivity contribution in [2.45, 2.75) is 43.9 Å². The first-order chi connectivity index (χ1) is 16.4. The molecule has 2 aliphatic rings. The first-order valence-electron chi connectivity index (χ1n) is 11.1. The van der Waals surface area contributed by atoms with Crippen LogP contribution in [0.5, 0.6) is 0 Å². The Kier molecular flexibility index (Phi) is 7.02. The maximum Gasteiger partial charge on any atom is 0.414 e. The zero-order chi connectivity index (χ0) is 25.5. The Balaban J connectivity index is 1.46. The molecule has 6 nitrogen and oxygen atoms in total. The zero-order valence-electron chi connectivity index (χ0n) is 18.8. The quantitative estimate of drug-likeness (QED) is 0.578. The van der Waals surface area contributed by atoms with E-state index in [1.54, 1.807) is 6.07 Å². The number of nitrogens with one attached hydrogen (secondary N) is 1. The lowest BCUT2D eigenvalue weighted by molar-refractivity contribution is -0.191. The highest BCUT2D eigenvalue weighted by atomic mass is 35.5. The van der Waals surface area contributed by atoms with Gasteiger partial charge in [0.05, 0.1) is 34.1 Å².